The summed E-state index contributed by atoms with van der Waals surface area (Å²) in [6.45, 7) is 2.90. The second-order valence-electron chi connectivity index (χ2n) is 8.97. The first-order valence-corrected chi connectivity index (χ1v) is 14.3. The van der Waals surface area contributed by atoms with Crippen molar-refractivity contribution in [1.29, 1.82) is 0 Å². The number of nitrogens with one attached hydrogen (secondary N) is 2. The molecule has 2 heterocycles. The molecule has 1 unspecified atom stereocenters. The molecule has 1 fully saturated rings. The largest absolute Gasteiger partial charge is 0.378 e. The van der Waals surface area contributed by atoms with E-state index in [2.05, 4.69) is 31.1 Å². The highest BCUT2D eigenvalue weighted by Gasteiger charge is 2.35. The summed E-state index contributed by atoms with van der Waals surface area (Å²) in [5.74, 6) is -0.574. The lowest BCUT2D eigenvalue weighted by atomic mass is 10.0. The van der Waals surface area contributed by atoms with E-state index in [1.807, 2.05) is 36.4 Å². The predicted molar refractivity (Wildman–Crippen MR) is 152 cm³/mol. The number of hydrogen-bond acceptors (Lipinski definition) is 5. The molecule has 3 aromatic carbocycles. The number of fused-ring (bicyclic) bond motifs is 1. The molecule has 1 atom stereocenters. The fraction of sp³-hybridized carbons (Fsp3) is 0.222. The highest BCUT2D eigenvalue weighted by Crippen LogP contribution is 2.28. The van der Waals surface area contributed by atoms with Crippen molar-refractivity contribution in [3.05, 3.63) is 89.0 Å². The maximum atomic E-state index is 13.7. The normalized spacial score (nSPS) is 14.8. The van der Waals surface area contributed by atoms with E-state index in [4.69, 9.17) is 4.74 Å². The molecule has 1 aliphatic heterocycles. The first-order valence-electron chi connectivity index (χ1n) is 12.1. The van der Waals surface area contributed by atoms with Gasteiger partial charge in [0, 0.05) is 52.5 Å². The Bertz CT molecular complexity index is 1520. The number of carbonyl (C=O) groups is 1. The Morgan fingerprint density at radius 1 is 1.05 bits per heavy atom. The van der Waals surface area contributed by atoms with Gasteiger partial charge in [0.2, 0.25) is 5.91 Å². The molecule has 1 aromatic heterocycles. The first-order chi connectivity index (χ1) is 18.3. The van der Waals surface area contributed by atoms with E-state index >= 15 is 0 Å². The van der Waals surface area contributed by atoms with Crippen LogP contribution >= 0.6 is 15.9 Å². The van der Waals surface area contributed by atoms with Gasteiger partial charge in [-0.1, -0.05) is 34.1 Å². The van der Waals surface area contributed by atoms with Gasteiger partial charge in [0.25, 0.3) is 0 Å². The first kappa shape index (κ1) is 26.2. The van der Waals surface area contributed by atoms with Gasteiger partial charge in [0.1, 0.15) is 6.04 Å². The molecule has 9 nitrogen and oxygen atoms in total. The van der Waals surface area contributed by atoms with Crippen LogP contribution < -0.4 is 14.5 Å². The number of halogens is 1. The number of nitrogens with zero attached hydrogens (tertiary/aromatic N) is 2. The van der Waals surface area contributed by atoms with Crippen LogP contribution in [0.25, 0.3) is 10.9 Å². The van der Waals surface area contributed by atoms with E-state index in [0.717, 1.165) is 44.0 Å². The molecule has 0 aliphatic carbocycles. The number of anilines is 3. The average Bonchev–Trinajstić information content (AvgIpc) is 3.32. The lowest BCUT2D eigenvalue weighted by Crippen LogP contribution is -2.48. The summed E-state index contributed by atoms with van der Waals surface area (Å²) in [4.78, 5) is 19.1. The Hall–Kier alpha value is -3.38. The Kier molecular flexibility index (Phi) is 7.70. The molecule has 0 radical (unpaired) electrons. The van der Waals surface area contributed by atoms with Crippen molar-refractivity contribution < 1.29 is 22.5 Å². The van der Waals surface area contributed by atoms with E-state index in [1.54, 1.807) is 30.5 Å². The van der Waals surface area contributed by atoms with Gasteiger partial charge in [0.15, 0.2) is 0 Å². The van der Waals surface area contributed by atoms with Gasteiger partial charge in [-0.25, -0.2) is 4.31 Å². The third kappa shape index (κ3) is 5.86. The Morgan fingerprint density at radius 3 is 2.42 bits per heavy atom. The van der Waals surface area contributed by atoms with Gasteiger partial charge in [-0.2, -0.15) is 8.42 Å². The maximum Gasteiger partial charge on any atom is 0.360 e. The molecule has 38 heavy (non-hydrogen) atoms. The monoisotopic (exact) mass is 598 g/mol. The highest BCUT2D eigenvalue weighted by atomic mass is 79.9. The SMILES string of the molecule is O=C(Nc1ccc(N2CCOCC2)cc1)C(Cc1c[nH]c2ccccc12)N(c1ccc(Br)cc1)S(=O)(=O)O. The molecule has 5 rings (SSSR count). The maximum absolute atomic E-state index is 13.7. The van der Waals surface area contributed by atoms with Crippen LogP contribution in [-0.2, 0) is 26.3 Å². The minimum absolute atomic E-state index is 0.0254. The molecule has 0 bridgehead atoms. The van der Waals surface area contributed by atoms with Gasteiger partial charge >= 0.3 is 10.3 Å². The zero-order valence-electron chi connectivity index (χ0n) is 20.4. The van der Waals surface area contributed by atoms with Crippen LogP contribution in [-0.4, -0.2) is 56.2 Å². The van der Waals surface area contributed by atoms with Crippen LogP contribution in [0.4, 0.5) is 17.1 Å². The number of amides is 1. The molecular formula is C27H27BrN4O5S. The molecule has 0 spiro atoms. The highest BCUT2D eigenvalue weighted by molar-refractivity contribution is 9.10. The predicted octanol–water partition coefficient (Wildman–Crippen LogP) is 4.63. The minimum Gasteiger partial charge on any atom is -0.378 e. The van der Waals surface area contributed by atoms with Crippen molar-refractivity contribution in [2.75, 3.05) is 40.8 Å². The van der Waals surface area contributed by atoms with E-state index in [-0.39, 0.29) is 12.1 Å². The zero-order chi connectivity index (χ0) is 26.7. The summed E-state index contributed by atoms with van der Waals surface area (Å²) in [7, 11) is -4.82. The lowest BCUT2D eigenvalue weighted by molar-refractivity contribution is -0.117. The van der Waals surface area contributed by atoms with Gasteiger partial charge in [-0.15, -0.1) is 0 Å². The summed E-state index contributed by atoms with van der Waals surface area (Å²) >= 11 is 3.34. The fourth-order valence-corrected chi connectivity index (χ4v) is 5.80. The lowest BCUT2D eigenvalue weighted by Gasteiger charge is -2.30. The molecule has 4 aromatic rings. The van der Waals surface area contributed by atoms with Crippen molar-refractivity contribution >= 4 is 60.1 Å². The van der Waals surface area contributed by atoms with Gasteiger partial charge < -0.3 is 19.9 Å². The van der Waals surface area contributed by atoms with Crippen LogP contribution in [0.3, 0.4) is 0 Å². The van der Waals surface area contributed by atoms with E-state index in [1.165, 1.54) is 12.1 Å². The van der Waals surface area contributed by atoms with Crippen LogP contribution in [0, 0.1) is 0 Å². The van der Waals surface area contributed by atoms with Crippen LogP contribution in [0.5, 0.6) is 0 Å². The smallest absolute Gasteiger partial charge is 0.360 e. The van der Waals surface area contributed by atoms with E-state index < -0.39 is 22.3 Å². The zero-order valence-corrected chi connectivity index (χ0v) is 22.8. The number of aromatic nitrogens is 1. The standard InChI is InChI=1S/C27H27BrN4O5S/c28-20-5-9-23(10-6-20)32(38(34,35)36)26(17-19-18-29-25-4-2-1-3-24(19)25)27(33)30-21-7-11-22(12-8-21)31-13-15-37-16-14-31/h1-12,18,26,29H,13-17H2,(H,30,33)(H,34,35,36). The Balaban J connectivity index is 1.47. The molecule has 3 N–H and O–H groups in total. The summed E-state index contributed by atoms with van der Waals surface area (Å²) < 4.78 is 42.6. The summed E-state index contributed by atoms with van der Waals surface area (Å²) in [6, 6.07) is 20.0. The number of H-pyrrole nitrogens is 1. The number of hydrogen-bond donors (Lipinski definition) is 3. The minimum atomic E-state index is -4.82. The second kappa shape index (κ2) is 11.2. The molecule has 1 amide bonds. The number of aromatic amines is 1. The summed E-state index contributed by atoms with van der Waals surface area (Å²) in [6.07, 6.45) is 1.78. The van der Waals surface area contributed by atoms with Gasteiger partial charge in [-0.05, 0) is 60.2 Å². The van der Waals surface area contributed by atoms with Gasteiger partial charge in [-0.3, -0.25) is 9.35 Å². The quantitative estimate of drug-likeness (QED) is 0.255. The van der Waals surface area contributed by atoms with Crippen molar-refractivity contribution in [2.45, 2.75) is 12.5 Å². The molecule has 1 aliphatic rings. The fourth-order valence-electron chi connectivity index (χ4n) is 4.66. The van der Waals surface area contributed by atoms with Gasteiger partial charge in [0.05, 0.1) is 18.9 Å². The van der Waals surface area contributed by atoms with Crippen molar-refractivity contribution in [1.82, 2.24) is 4.98 Å². The molecular weight excluding hydrogens is 572 g/mol. The Morgan fingerprint density at radius 2 is 1.74 bits per heavy atom. The number of carbonyl (C=O) groups excluding carboxylic acids is 1. The summed E-state index contributed by atoms with van der Waals surface area (Å²) in [5, 5.41) is 3.71. The van der Waals surface area contributed by atoms with Crippen LogP contribution in [0.2, 0.25) is 0 Å². The number of rotatable bonds is 8. The third-order valence-electron chi connectivity index (χ3n) is 6.51. The molecule has 0 saturated carbocycles. The van der Waals surface area contributed by atoms with Crippen molar-refractivity contribution in [2.24, 2.45) is 0 Å². The van der Waals surface area contributed by atoms with E-state index in [0.29, 0.717) is 18.9 Å². The van der Waals surface area contributed by atoms with E-state index in [9.17, 15) is 17.8 Å². The molecule has 1 saturated heterocycles. The van der Waals surface area contributed by atoms with Crippen LogP contribution in [0.15, 0.2) is 83.5 Å². The van der Waals surface area contributed by atoms with Crippen LogP contribution in [0.1, 0.15) is 5.56 Å². The third-order valence-corrected chi connectivity index (χ3v) is 8.01. The van der Waals surface area contributed by atoms with Crippen molar-refractivity contribution in [3.63, 3.8) is 0 Å². The number of benzene rings is 3. The molecule has 198 valence electrons. The van der Waals surface area contributed by atoms with Crippen molar-refractivity contribution in [3.8, 4) is 0 Å². The Labute approximate surface area is 229 Å². The topological polar surface area (TPSA) is 115 Å². The molecule has 11 heteroatoms. The number of morpholine rings is 1. The number of ether oxygens (including phenoxy) is 1. The second-order valence-corrected chi connectivity index (χ2v) is 11.2. The average molecular weight is 600 g/mol. The number of para-hydroxylation sites is 1. The summed E-state index contributed by atoms with van der Waals surface area (Å²) in [5.41, 5.74) is 3.30.